The summed E-state index contributed by atoms with van der Waals surface area (Å²) in [6, 6.07) is 7.21. The van der Waals surface area contributed by atoms with Gasteiger partial charge in [-0.3, -0.25) is 4.79 Å². The quantitative estimate of drug-likeness (QED) is 0.834. The molecule has 1 saturated carbocycles. The zero-order chi connectivity index (χ0) is 17.8. The van der Waals surface area contributed by atoms with E-state index in [0.717, 1.165) is 13.1 Å². The van der Waals surface area contributed by atoms with Crippen LogP contribution in [0.5, 0.6) is 5.75 Å². The standard InChI is InChI=1S/C20H25NO4/c1-25-18-9-5-4-6-14(18)10-17(20(23)24)11-19(22)21-12-15-7-2-3-8-16(15)13-21/h4-6,9-10,15-16H,2-3,7-8,11-13H2,1H3,(H,23,24). The molecule has 1 aliphatic heterocycles. The highest BCUT2D eigenvalue weighted by atomic mass is 16.5. The third-order valence-electron chi connectivity index (χ3n) is 5.41. The van der Waals surface area contributed by atoms with E-state index in [2.05, 4.69) is 0 Å². The van der Waals surface area contributed by atoms with E-state index >= 15 is 0 Å². The maximum absolute atomic E-state index is 12.6. The van der Waals surface area contributed by atoms with Crippen molar-refractivity contribution in [3.63, 3.8) is 0 Å². The summed E-state index contributed by atoms with van der Waals surface area (Å²) >= 11 is 0. The van der Waals surface area contributed by atoms with Gasteiger partial charge in [-0.1, -0.05) is 31.0 Å². The lowest BCUT2D eigenvalue weighted by atomic mass is 9.82. The lowest BCUT2D eigenvalue weighted by molar-refractivity contribution is -0.136. The molecule has 1 N–H and O–H groups in total. The van der Waals surface area contributed by atoms with Crippen molar-refractivity contribution in [3.05, 3.63) is 35.4 Å². The molecule has 25 heavy (non-hydrogen) atoms. The van der Waals surface area contributed by atoms with Gasteiger partial charge in [0.2, 0.25) is 5.91 Å². The molecular weight excluding hydrogens is 318 g/mol. The summed E-state index contributed by atoms with van der Waals surface area (Å²) in [7, 11) is 1.55. The summed E-state index contributed by atoms with van der Waals surface area (Å²) in [5.74, 6) is 0.656. The van der Waals surface area contributed by atoms with Crippen LogP contribution in [0, 0.1) is 11.8 Å². The number of methoxy groups -OCH3 is 1. The fraction of sp³-hybridized carbons (Fsp3) is 0.500. The Balaban J connectivity index is 1.72. The van der Waals surface area contributed by atoms with Crippen molar-refractivity contribution < 1.29 is 19.4 Å². The Labute approximate surface area is 148 Å². The van der Waals surface area contributed by atoms with Crippen molar-refractivity contribution in [2.45, 2.75) is 32.1 Å². The number of carbonyl (C=O) groups is 2. The molecule has 2 aliphatic rings. The molecule has 0 aromatic heterocycles. The van der Waals surface area contributed by atoms with Crippen LogP contribution in [0.3, 0.4) is 0 Å². The number of carboxylic acid groups (broad SMARTS) is 1. The molecule has 1 saturated heterocycles. The molecular formula is C20H25NO4. The Morgan fingerprint density at radius 3 is 2.44 bits per heavy atom. The van der Waals surface area contributed by atoms with Gasteiger partial charge in [0.1, 0.15) is 5.75 Å². The van der Waals surface area contributed by atoms with E-state index in [0.29, 0.717) is 23.1 Å². The number of hydrogen-bond donors (Lipinski definition) is 1. The number of hydrogen-bond acceptors (Lipinski definition) is 3. The lowest BCUT2D eigenvalue weighted by Crippen LogP contribution is -2.29. The summed E-state index contributed by atoms with van der Waals surface area (Å²) in [5.41, 5.74) is 0.773. The van der Waals surface area contributed by atoms with Crippen molar-refractivity contribution >= 4 is 18.0 Å². The topological polar surface area (TPSA) is 66.8 Å². The van der Waals surface area contributed by atoms with Gasteiger partial charge in [0, 0.05) is 24.2 Å². The normalized spacial score (nSPS) is 23.2. The van der Waals surface area contributed by atoms with Gasteiger partial charge in [0.05, 0.1) is 13.5 Å². The Kier molecular flexibility index (Phi) is 5.41. The fourth-order valence-corrected chi connectivity index (χ4v) is 4.05. The highest BCUT2D eigenvalue weighted by Gasteiger charge is 2.36. The summed E-state index contributed by atoms with van der Waals surface area (Å²) in [4.78, 5) is 26.1. The second-order valence-corrected chi connectivity index (χ2v) is 7.00. The van der Waals surface area contributed by atoms with Gasteiger partial charge in [0.25, 0.3) is 0 Å². The smallest absolute Gasteiger partial charge is 0.332 e. The summed E-state index contributed by atoms with van der Waals surface area (Å²) in [5, 5.41) is 9.52. The van der Waals surface area contributed by atoms with Gasteiger partial charge in [-0.15, -0.1) is 0 Å². The van der Waals surface area contributed by atoms with Gasteiger partial charge in [-0.25, -0.2) is 4.79 Å². The zero-order valence-corrected chi connectivity index (χ0v) is 14.6. The average molecular weight is 343 g/mol. The number of benzene rings is 1. The molecule has 5 heteroatoms. The van der Waals surface area contributed by atoms with E-state index in [1.807, 2.05) is 17.0 Å². The number of nitrogens with zero attached hydrogens (tertiary/aromatic N) is 1. The molecule has 0 bridgehead atoms. The van der Waals surface area contributed by atoms with Crippen LogP contribution in [0.1, 0.15) is 37.7 Å². The highest BCUT2D eigenvalue weighted by Crippen LogP contribution is 2.36. The largest absolute Gasteiger partial charge is 0.496 e. The van der Waals surface area contributed by atoms with E-state index in [9.17, 15) is 14.7 Å². The van der Waals surface area contributed by atoms with Crippen molar-refractivity contribution in [2.75, 3.05) is 20.2 Å². The van der Waals surface area contributed by atoms with Crippen LogP contribution in [-0.2, 0) is 9.59 Å². The van der Waals surface area contributed by atoms with Crippen molar-refractivity contribution in [1.29, 1.82) is 0 Å². The Hall–Kier alpha value is -2.30. The minimum Gasteiger partial charge on any atom is -0.496 e. The van der Waals surface area contributed by atoms with Crippen LogP contribution in [0.4, 0.5) is 0 Å². The number of carbonyl (C=O) groups excluding carboxylic acids is 1. The van der Waals surface area contributed by atoms with Gasteiger partial charge < -0.3 is 14.7 Å². The van der Waals surface area contributed by atoms with E-state index < -0.39 is 5.97 Å². The predicted molar refractivity (Wildman–Crippen MR) is 95.3 cm³/mol. The molecule has 1 aromatic carbocycles. The molecule has 2 unspecified atom stereocenters. The van der Waals surface area contributed by atoms with Crippen LogP contribution in [-0.4, -0.2) is 42.1 Å². The van der Waals surface area contributed by atoms with Crippen LogP contribution in [0.15, 0.2) is 29.8 Å². The summed E-state index contributed by atoms with van der Waals surface area (Å²) in [6.07, 6.45) is 6.35. The molecule has 5 nitrogen and oxygen atoms in total. The first kappa shape index (κ1) is 17.5. The summed E-state index contributed by atoms with van der Waals surface area (Å²) in [6.45, 7) is 1.57. The molecule has 134 valence electrons. The molecule has 2 fully saturated rings. The molecule has 0 radical (unpaired) electrons. The predicted octanol–water partition coefficient (Wildman–Crippen LogP) is 3.20. The maximum Gasteiger partial charge on any atom is 0.332 e. The molecule has 1 heterocycles. The number of aliphatic carboxylic acids is 1. The molecule has 2 atom stereocenters. The van der Waals surface area contributed by atoms with E-state index in [1.54, 1.807) is 25.3 Å². The first-order chi connectivity index (χ1) is 12.1. The van der Waals surface area contributed by atoms with E-state index in [-0.39, 0.29) is 17.9 Å². The molecule has 1 amide bonds. The number of carboxylic acids is 1. The SMILES string of the molecule is COc1ccccc1C=C(CC(=O)N1CC2CCCCC2C1)C(=O)O. The molecule has 0 spiro atoms. The maximum atomic E-state index is 12.6. The Morgan fingerprint density at radius 2 is 1.84 bits per heavy atom. The monoisotopic (exact) mass is 343 g/mol. The van der Waals surface area contributed by atoms with Crippen LogP contribution in [0.2, 0.25) is 0 Å². The van der Waals surface area contributed by atoms with E-state index in [1.165, 1.54) is 25.7 Å². The van der Waals surface area contributed by atoms with Gasteiger partial charge in [0.15, 0.2) is 0 Å². The van der Waals surface area contributed by atoms with Gasteiger partial charge in [-0.05, 0) is 36.8 Å². The van der Waals surface area contributed by atoms with E-state index in [4.69, 9.17) is 4.74 Å². The molecule has 3 rings (SSSR count). The molecule has 1 aliphatic carbocycles. The van der Waals surface area contributed by atoms with Crippen LogP contribution >= 0.6 is 0 Å². The van der Waals surface area contributed by atoms with Crippen molar-refractivity contribution in [2.24, 2.45) is 11.8 Å². The van der Waals surface area contributed by atoms with Crippen LogP contribution in [0.25, 0.3) is 6.08 Å². The third-order valence-corrected chi connectivity index (χ3v) is 5.41. The Morgan fingerprint density at radius 1 is 1.20 bits per heavy atom. The van der Waals surface area contributed by atoms with Crippen LogP contribution < -0.4 is 4.74 Å². The number of ether oxygens (including phenoxy) is 1. The number of para-hydroxylation sites is 1. The minimum absolute atomic E-state index is 0.0766. The summed E-state index contributed by atoms with van der Waals surface area (Å²) < 4.78 is 5.26. The van der Waals surface area contributed by atoms with Gasteiger partial charge >= 0.3 is 5.97 Å². The Bertz CT molecular complexity index is 668. The zero-order valence-electron chi connectivity index (χ0n) is 14.6. The second-order valence-electron chi connectivity index (χ2n) is 7.00. The van der Waals surface area contributed by atoms with Gasteiger partial charge in [-0.2, -0.15) is 0 Å². The third kappa shape index (κ3) is 4.03. The highest BCUT2D eigenvalue weighted by molar-refractivity contribution is 5.98. The number of rotatable bonds is 5. The number of fused-ring (bicyclic) bond motifs is 1. The molecule has 1 aromatic rings. The minimum atomic E-state index is -1.06. The fourth-order valence-electron chi connectivity index (χ4n) is 4.05. The first-order valence-corrected chi connectivity index (χ1v) is 8.93. The second kappa shape index (κ2) is 7.72. The lowest BCUT2D eigenvalue weighted by Gasteiger charge is -2.22. The van der Waals surface area contributed by atoms with Crippen molar-refractivity contribution in [3.8, 4) is 5.75 Å². The average Bonchev–Trinajstić information content (AvgIpc) is 3.05. The van der Waals surface area contributed by atoms with Crippen molar-refractivity contribution in [1.82, 2.24) is 4.90 Å². The number of amides is 1. The first-order valence-electron chi connectivity index (χ1n) is 8.93. The number of likely N-dealkylation sites (tertiary alicyclic amines) is 1.